The van der Waals surface area contributed by atoms with Gasteiger partial charge in [0.25, 0.3) is 0 Å². The monoisotopic (exact) mass is 541 g/mol. The van der Waals surface area contributed by atoms with Crippen LogP contribution in [0.1, 0.15) is 68.3 Å². The van der Waals surface area contributed by atoms with E-state index in [4.69, 9.17) is 0 Å². The van der Waals surface area contributed by atoms with Gasteiger partial charge in [-0.1, -0.05) is 80.6 Å². The molecule has 5 rings (SSSR count). The Bertz CT molecular complexity index is 1650. The Balaban J connectivity index is 1.56. The molecule has 0 fully saturated rings. The van der Waals surface area contributed by atoms with Gasteiger partial charge in [0.05, 0.1) is 10.9 Å². The summed E-state index contributed by atoms with van der Waals surface area (Å²) < 4.78 is 0. The molecule has 0 saturated heterocycles. The number of carbonyl (C=O) groups excluding carboxylic acids is 2. The average Bonchev–Trinajstić information content (AvgIpc) is 2.99. The van der Waals surface area contributed by atoms with E-state index in [1.807, 2.05) is 92.7 Å². The first-order valence-electron chi connectivity index (χ1n) is 13.6. The van der Waals surface area contributed by atoms with E-state index in [2.05, 4.69) is 56.3 Å². The van der Waals surface area contributed by atoms with Gasteiger partial charge < -0.3 is 0 Å². The van der Waals surface area contributed by atoms with Crippen LogP contribution in [-0.2, 0) is 10.9 Å². The molecule has 198 valence electrons. The van der Waals surface area contributed by atoms with E-state index in [1.165, 1.54) is 0 Å². The highest BCUT2D eigenvalue weighted by molar-refractivity contribution is 7.97. The molecule has 0 heterocycles. The van der Waals surface area contributed by atoms with E-state index in [0.717, 1.165) is 42.5 Å². The van der Waals surface area contributed by atoms with Crippen LogP contribution in [0, 0.1) is 13.8 Å². The van der Waals surface area contributed by atoms with Crippen molar-refractivity contribution in [3.63, 3.8) is 0 Å². The van der Waals surface area contributed by atoms with Gasteiger partial charge in [-0.2, -0.15) is 0 Å². The molecule has 0 N–H and O–H groups in total. The van der Waals surface area contributed by atoms with E-state index < -0.39 is 10.9 Å². The molecule has 0 aliphatic rings. The van der Waals surface area contributed by atoms with Gasteiger partial charge in [0.15, 0.2) is 26.3 Å². The number of carbonyl (C=O) groups is 2. The maximum atomic E-state index is 13.9. The standard InChI is InChI=1S/C37H33O2S/c1-25(2)30-17-15-26(3)34(23-30)37(39)35-24-33(20-16-27(35)4)40(31-13-9-6-10-14-31)32-21-18-29(19-22-32)36(38)28-11-7-5-8-12-28/h5-25H,1-4H3/q+1. The highest BCUT2D eigenvalue weighted by Gasteiger charge is 2.30. The van der Waals surface area contributed by atoms with Crippen LogP contribution >= 0.6 is 0 Å². The van der Waals surface area contributed by atoms with Crippen LogP contribution in [0.4, 0.5) is 0 Å². The molecule has 0 aliphatic heterocycles. The summed E-state index contributed by atoms with van der Waals surface area (Å²) in [6.07, 6.45) is 0. The summed E-state index contributed by atoms with van der Waals surface area (Å²) in [6.45, 7) is 8.30. The van der Waals surface area contributed by atoms with Crippen molar-refractivity contribution in [3.05, 3.63) is 160 Å². The lowest BCUT2D eigenvalue weighted by molar-refractivity contribution is 0.103. The van der Waals surface area contributed by atoms with Crippen molar-refractivity contribution >= 4 is 22.5 Å². The SMILES string of the molecule is Cc1ccc(C(C)C)cc1C(=O)c1cc([S+](c2ccccc2)c2ccc(C(=O)c3ccccc3)cc2)ccc1C. The molecule has 5 aromatic carbocycles. The Morgan fingerprint density at radius 3 is 1.65 bits per heavy atom. The molecule has 2 nitrogen and oxygen atoms in total. The second-order valence-corrected chi connectivity index (χ2v) is 12.4. The number of hydrogen-bond donors (Lipinski definition) is 0. The van der Waals surface area contributed by atoms with Gasteiger partial charge in [-0.3, -0.25) is 9.59 Å². The van der Waals surface area contributed by atoms with Crippen LogP contribution < -0.4 is 0 Å². The zero-order valence-corrected chi connectivity index (χ0v) is 24.2. The summed E-state index contributed by atoms with van der Waals surface area (Å²) in [4.78, 5) is 30.3. The van der Waals surface area contributed by atoms with Gasteiger partial charge in [0, 0.05) is 28.3 Å². The van der Waals surface area contributed by atoms with Gasteiger partial charge in [-0.25, -0.2) is 0 Å². The Morgan fingerprint density at radius 1 is 0.525 bits per heavy atom. The third-order valence-electron chi connectivity index (χ3n) is 7.23. The predicted octanol–water partition coefficient (Wildman–Crippen LogP) is 8.98. The van der Waals surface area contributed by atoms with Crippen molar-refractivity contribution in [2.24, 2.45) is 0 Å². The number of aryl methyl sites for hydroxylation is 2. The minimum absolute atomic E-state index is 0.00830. The van der Waals surface area contributed by atoms with E-state index >= 15 is 0 Å². The number of benzene rings is 5. The molecule has 0 saturated carbocycles. The highest BCUT2D eigenvalue weighted by Crippen LogP contribution is 2.33. The lowest BCUT2D eigenvalue weighted by Crippen LogP contribution is -2.11. The van der Waals surface area contributed by atoms with Crippen molar-refractivity contribution in [1.82, 2.24) is 0 Å². The van der Waals surface area contributed by atoms with E-state index in [0.29, 0.717) is 17.0 Å². The highest BCUT2D eigenvalue weighted by atomic mass is 32.2. The minimum atomic E-state index is -0.453. The van der Waals surface area contributed by atoms with E-state index in [9.17, 15) is 9.59 Å². The molecular weight excluding hydrogens is 508 g/mol. The molecule has 0 aliphatic carbocycles. The van der Waals surface area contributed by atoms with Crippen molar-refractivity contribution in [2.45, 2.75) is 48.3 Å². The zero-order valence-electron chi connectivity index (χ0n) is 23.3. The predicted molar refractivity (Wildman–Crippen MR) is 165 cm³/mol. The normalized spacial score (nSPS) is 11.8. The molecule has 0 spiro atoms. The minimum Gasteiger partial charge on any atom is -0.289 e. The van der Waals surface area contributed by atoms with Crippen LogP contribution in [-0.4, -0.2) is 11.6 Å². The smallest absolute Gasteiger partial charge is 0.193 e. The second-order valence-electron chi connectivity index (χ2n) is 10.4. The Hall–Kier alpha value is -4.21. The Kier molecular flexibility index (Phi) is 8.14. The molecular formula is C37H33O2S+. The maximum Gasteiger partial charge on any atom is 0.193 e. The number of hydrogen-bond acceptors (Lipinski definition) is 2. The van der Waals surface area contributed by atoms with E-state index in [-0.39, 0.29) is 11.6 Å². The Labute approximate surface area is 240 Å². The summed E-state index contributed by atoms with van der Waals surface area (Å²) in [7, 11) is -0.453. The van der Waals surface area contributed by atoms with Crippen LogP contribution in [0.15, 0.2) is 136 Å². The van der Waals surface area contributed by atoms with Crippen LogP contribution in [0.3, 0.4) is 0 Å². The van der Waals surface area contributed by atoms with Gasteiger partial charge in [-0.05, 0) is 85.0 Å². The summed E-state index contributed by atoms with van der Waals surface area (Å²) in [5, 5.41) is 0. The number of rotatable bonds is 8. The summed E-state index contributed by atoms with van der Waals surface area (Å²) in [5.41, 5.74) is 5.93. The lowest BCUT2D eigenvalue weighted by atomic mass is 9.92. The third-order valence-corrected chi connectivity index (χ3v) is 9.44. The first kappa shape index (κ1) is 27.4. The first-order valence-corrected chi connectivity index (χ1v) is 14.8. The van der Waals surface area contributed by atoms with Crippen LogP contribution in [0.5, 0.6) is 0 Å². The van der Waals surface area contributed by atoms with Gasteiger partial charge in [0.1, 0.15) is 0 Å². The fourth-order valence-corrected chi connectivity index (χ4v) is 6.92. The van der Waals surface area contributed by atoms with Gasteiger partial charge in [-0.15, -0.1) is 0 Å². The topological polar surface area (TPSA) is 34.1 Å². The van der Waals surface area contributed by atoms with Crippen LogP contribution in [0.2, 0.25) is 0 Å². The van der Waals surface area contributed by atoms with Crippen molar-refractivity contribution in [1.29, 1.82) is 0 Å². The fourth-order valence-electron chi connectivity index (χ4n) is 4.82. The van der Waals surface area contributed by atoms with Gasteiger partial charge in [0.2, 0.25) is 0 Å². The lowest BCUT2D eigenvalue weighted by Gasteiger charge is -2.14. The fraction of sp³-hybridized carbons (Fsp3) is 0.135. The number of ketones is 2. The Morgan fingerprint density at radius 2 is 1.02 bits per heavy atom. The molecule has 1 unspecified atom stereocenters. The summed E-state index contributed by atoms with van der Waals surface area (Å²) >= 11 is 0. The molecule has 0 bridgehead atoms. The van der Waals surface area contributed by atoms with Gasteiger partial charge >= 0.3 is 0 Å². The van der Waals surface area contributed by atoms with Crippen molar-refractivity contribution < 1.29 is 9.59 Å². The largest absolute Gasteiger partial charge is 0.289 e. The molecule has 3 heteroatoms. The maximum absolute atomic E-state index is 13.9. The van der Waals surface area contributed by atoms with E-state index in [1.54, 1.807) is 0 Å². The molecule has 0 amide bonds. The molecule has 40 heavy (non-hydrogen) atoms. The first-order chi connectivity index (χ1) is 19.3. The summed E-state index contributed by atoms with van der Waals surface area (Å²) in [6, 6.07) is 40.1. The molecule has 1 atom stereocenters. The second kappa shape index (κ2) is 11.9. The quantitative estimate of drug-likeness (QED) is 0.145. The molecule has 0 radical (unpaired) electrons. The van der Waals surface area contributed by atoms with Crippen LogP contribution in [0.25, 0.3) is 0 Å². The average molecular weight is 542 g/mol. The third kappa shape index (κ3) is 5.71. The van der Waals surface area contributed by atoms with Crippen molar-refractivity contribution in [2.75, 3.05) is 0 Å². The molecule has 0 aromatic heterocycles. The van der Waals surface area contributed by atoms with Crippen molar-refractivity contribution in [3.8, 4) is 0 Å². The molecule has 5 aromatic rings. The zero-order chi connectivity index (χ0) is 28.2. The summed E-state index contributed by atoms with van der Waals surface area (Å²) in [5.74, 6) is 0.411.